The first-order chi connectivity index (χ1) is 9.02. The highest BCUT2D eigenvalue weighted by Gasteiger charge is 2.10. The minimum Gasteiger partial charge on any atom is -0.463 e. The second-order valence-corrected chi connectivity index (χ2v) is 3.18. The molecule has 1 heterocycles. The normalized spacial score (nSPS) is 10.4. The van der Waals surface area contributed by atoms with E-state index in [0.29, 0.717) is 0 Å². The van der Waals surface area contributed by atoms with Crippen molar-refractivity contribution >= 4 is 23.9 Å². The van der Waals surface area contributed by atoms with Gasteiger partial charge in [0.25, 0.3) is 0 Å². The summed E-state index contributed by atoms with van der Waals surface area (Å²) in [6.45, 7) is 1.33. The van der Waals surface area contributed by atoms with E-state index in [4.69, 9.17) is 4.42 Å². The van der Waals surface area contributed by atoms with Crippen LogP contribution in [-0.2, 0) is 19.1 Å². The molecule has 1 aromatic rings. The molecule has 0 saturated heterocycles. The van der Waals surface area contributed by atoms with Crippen molar-refractivity contribution in [1.82, 2.24) is 0 Å². The molecular formula is C11H11NO7. The van der Waals surface area contributed by atoms with Crippen molar-refractivity contribution in [2.75, 3.05) is 13.2 Å². The number of nitro groups is 1. The Morgan fingerprint density at radius 3 is 2.74 bits per heavy atom. The van der Waals surface area contributed by atoms with Gasteiger partial charge in [-0.05, 0) is 19.1 Å². The number of carbonyl (C=O) groups is 2. The summed E-state index contributed by atoms with van der Waals surface area (Å²) in [7, 11) is 0. The van der Waals surface area contributed by atoms with Crippen molar-refractivity contribution in [2.45, 2.75) is 6.92 Å². The van der Waals surface area contributed by atoms with Gasteiger partial charge in [-0.3, -0.25) is 10.1 Å². The summed E-state index contributed by atoms with van der Waals surface area (Å²) in [4.78, 5) is 31.7. The smallest absolute Gasteiger partial charge is 0.433 e. The van der Waals surface area contributed by atoms with E-state index < -0.39 is 29.4 Å². The Bertz CT molecular complexity index is 503. The number of carbonyl (C=O) groups excluding carboxylic acids is 2. The van der Waals surface area contributed by atoms with Crippen molar-refractivity contribution in [3.05, 3.63) is 34.1 Å². The molecule has 0 N–H and O–H groups in total. The van der Waals surface area contributed by atoms with Crippen LogP contribution in [0.15, 0.2) is 22.6 Å². The summed E-state index contributed by atoms with van der Waals surface area (Å²) < 4.78 is 13.9. The molecule has 0 atom stereocenters. The van der Waals surface area contributed by atoms with E-state index in [1.54, 1.807) is 6.92 Å². The largest absolute Gasteiger partial charge is 0.463 e. The minimum atomic E-state index is -0.785. The molecule has 0 aromatic carbocycles. The lowest BCUT2D eigenvalue weighted by Crippen LogP contribution is -2.14. The molecule has 0 aliphatic carbocycles. The lowest BCUT2D eigenvalue weighted by Gasteiger charge is -2.01. The summed E-state index contributed by atoms with van der Waals surface area (Å²) in [5.74, 6) is -1.75. The molecule has 0 aliphatic heterocycles. The maximum absolute atomic E-state index is 11.2. The molecule has 0 unspecified atom stereocenters. The topological polar surface area (TPSA) is 109 Å². The van der Waals surface area contributed by atoms with Gasteiger partial charge in [-0.15, -0.1) is 0 Å². The van der Waals surface area contributed by atoms with Gasteiger partial charge in [0.2, 0.25) is 0 Å². The number of hydrogen-bond donors (Lipinski definition) is 0. The maximum atomic E-state index is 11.2. The van der Waals surface area contributed by atoms with Crippen LogP contribution in [0.4, 0.5) is 5.88 Å². The average molecular weight is 269 g/mol. The molecular weight excluding hydrogens is 258 g/mol. The molecule has 0 amide bonds. The number of rotatable bonds is 6. The Balaban J connectivity index is 2.44. The monoisotopic (exact) mass is 269 g/mol. The predicted molar refractivity (Wildman–Crippen MR) is 62.0 cm³/mol. The highest BCUT2D eigenvalue weighted by molar-refractivity contribution is 5.88. The number of furan rings is 1. The van der Waals surface area contributed by atoms with Gasteiger partial charge in [0.05, 0.1) is 12.7 Å². The van der Waals surface area contributed by atoms with E-state index in [1.165, 1.54) is 12.1 Å². The van der Waals surface area contributed by atoms with Crippen molar-refractivity contribution < 1.29 is 28.4 Å². The van der Waals surface area contributed by atoms with Crippen molar-refractivity contribution in [3.8, 4) is 0 Å². The first kappa shape index (κ1) is 14.4. The number of esters is 2. The van der Waals surface area contributed by atoms with Crippen molar-refractivity contribution in [1.29, 1.82) is 0 Å². The quantitative estimate of drug-likeness (QED) is 0.331. The first-order valence-corrected chi connectivity index (χ1v) is 5.27. The summed E-state index contributed by atoms with van der Waals surface area (Å²) in [6, 6.07) is 2.48. The van der Waals surface area contributed by atoms with Gasteiger partial charge in [-0.25, -0.2) is 9.59 Å². The van der Waals surface area contributed by atoms with Crippen LogP contribution in [0.2, 0.25) is 0 Å². The predicted octanol–water partition coefficient (Wildman–Crippen LogP) is 1.31. The maximum Gasteiger partial charge on any atom is 0.433 e. The third kappa shape index (κ3) is 5.02. The molecule has 0 spiro atoms. The molecule has 19 heavy (non-hydrogen) atoms. The van der Waals surface area contributed by atoms with Gasteiger partial charge >= 0.3 is 17.8 Å². The highest BCUT2D eigenvalue weighted by Crippen LogP contribution is 2.16. The highest BCUT2D eigenvalue weighted by atomic mass is 16.6. The van der Waals surface area contributed by atoms with E-state index >= 15 is 0 Å². The second-order valence-electron chi connectivity index (χ2n) is 3.18. The molecule has 0 fully saturated rings. The van der Waals surface area contributed by atoms with Crippen LogP contribution in [0.1, 0.15) is 12.7 Å². The number of ether oxygens (including phenoxy) is 2. The van der Waals surface area contributed by atoms with Crippen LogP contribution in [0, 0.1) is 10.1 Å². The Hall–Kier alpha value is -2.64. The third-order valence-corrected chi connectivity index (χ3v) is 1.81. The lowest BCUT2D eigenvalue weighted by molar-refractivity contribution is -0.402. The van der Waals surface area contributed by atoms with E-state index in [1.807, 2.05) is 0 Å². The van der Waals surface area contributed by atoms with Crippen LogP contribution in [0.5, 0.6) is 0 Å². The van der Waals surface area contributed by atoms with E-state index in [0.717, 1.165) is 12.1 Å². The van der Waals surface area contributed by atoms with Crippen LogP contribution in [0.25, 0.3) is 6.08 Å². The molecule has 1 rings (SSSR count). The fourth-order valence-corrected chi connectivity index (χ4v) is 1.06. The Kier molecular flexibility index (Phi) is 5.27. The van der Waals surface area contributed by atoms with Crippen molar-refractivity contribution in [2.24, 2.45) is 0 Å². The fraction of sp³-hybridized carbons (Fsp3) is 0.273. The summed E-state index contributed by atoms with van der Waals surface area (Å²) in [5.41, 5.74) is 0. The molecule has 0 radical (unpaired) electrons. The summed E-state index contributed by atoms with van der Waals surface area (Å²) >= 11 is 0. The lowest BCUT2D eigenvalue weighted by atomic mass is 10.4. The van der Waals surface area contributed by atoms with Gasteiger partial charge in [0.1, 0.15) is 10.7 Å². The van der Waals surface area contributed by atoms with Crippen LogP contribution in [-0.4, -0.2) is 30.1 Å². The summed E-state index contributed by atoms with van der Waals surface area (Å²) in [6.07, 6.45) is 2.18. The minimum absolute atomic E-state index is 0.125. The fourth-order valence-electron chi connectivity index (χ4n) is 1.06. The van der Waals surface area contributed by atoms with E-state index in [-0.39, 0.29) is 12.4 Å². The van der Waals surface area contributed by atoms with E-state index in [2.05, 4.69) is 9.47 Å². The van der Waals surface area contributed by atoms with Gasteiger partial charge in [0, 0.05) is 6.08 Å². The van der Waals surface area contributed by atoms with Crippen LogP contribution < -0.4 is 0 Å². The van der Waals surface area contributed by atoms with Gasteiger partial charge in [-0.2, -0.15) is 0 Å². The Morgan fingerprint density at radius 1 is 1.42 bits per heavy atom. The molecule has 0 bridgehead atoms. The molecule has 1 aromatic heterocycles. The SMILES string of the molecule is CCOC(=O)COC(=O)C=Cc1ccc([N+](=O)[O-])o1. The second kappa shape index (κ2) is 6.94. The molecule has 102 valence electrons. The zero-order valence-corrected chi connectivity index (χ0v) is 10.0. The van der Waals surface area contributed by atoms with E-state index in [9.17, 15) is 19.7 Å². The Labute approximate surface area is 107 Å². The standard InChI is InChI=1S/C11H11NO7/c1-2-17-11(14)7-18-10(13)6-4-8-3-5-9(19-8)12(15)16/h3-6H,2,7H2,1H3. The molecule has 8 nitrogen and oxygen atoms in total. The van der Waals surface area contributed by atoms with Crippen LogP contribution >= 0.6 is 0 Å². The molecule has 8 heteroatoms. The number of nitrogens with zero attached hydrogens (tertiary/aromatic N) is 1. The van der Waals surface area contributed by atoms with Gasteiger partial charge < -0.3 is 13.9 Å². The molecule has 0 aliphatic rings. The van der Waals surface area contributed by atoms with Gasteiger partial charge in [0.15, 0.2) is 6.61 Å². The third-order valence-electron chi connectivity index (χ3n) is 1.81. The Morgan fingerprint density at radius 2 is 2.16 bits per heavy atom. The first-order valence-electron chi connectivity index (χ1n) is 5.27. The van der Waals surface area contributed by atoms with Gasteiger partial charge in [-0.1, -0.05) is 0 Å². The zero-order chi connectivity index (χ0) is 14.3. The average Bonchev–Trinajstić information content (AvgIpc) is 2.83. The number of hydrogen-bond acceptors (Lipinski definition) is 7. The van der Waals surface area contributed by atoms with Crippen molar-refractivity contribution in [3.63, 3.8) is 0 Å². The molecule has 0 saturated carbocycles. The summed E-state index contributed by atoms with van der Waals surface area (Å²) in [5, 5.41) is 10.3. The zero-order valence-electron chi connectivity index (χ0n) is 10.0. The van der Waals surface area contributed by atoms with Crippen LogP contribution in [0.3, 0.4) is 0 Å².